The lowest BCUT2D eigenvalue weighted by molar-refractivity contribution is 0.0951. The highest BCUT2D eigenvalue weighted by atomic mass is 16.1. The van der Waals surface area contributed by atoms with E-state index in [0.29, 0.717) is 17.8 Å². The molecule has 0 saturated heterocycles. The van der Waals surface area contributed by atoms with Crippen LogP contribution in [-0.2, 0) is 6.54 Å². The monoisotopic (exact) mass is 256 g/mol. The summed E-state index contributed by atoms with van der Waals surface area (Å²) in [5, 5.41) is 2.84. The predicted molar refractivity (Wildman–Crippen MR) is 74.4 cm³/mol. The van der Waals surface area contributed by atoms with Gasteiger partial charge in [0.1, 0.15) is 0 Å². The first-order chi connectivity index (χ1) is 9.20. The second-order valence-electron chi connectivity index (χ2n) is 4.24. The number of hydrogen-bond donors (Lipinski definition) is 3. The fourth-order valence-corrected chi connectivity index (χ4v) is 1.75. The van der Waals surface area contributed by atoms with Gasteiger partial charge in [-0.3, -0.25) is 15.6 Å². The molecule has 0 aliphatic carbocycles. The number of aryl methyl sites for hydroxylation is 1. The lowest BCUT2D eigenvalue weighted by Gasteiger charge is -2.10. The Hall–Kier alpha value is -2.40. The topological polar surface area (TPSA) is 80.0 Å². The molecule has 2 rings (SSSR count). The Morgan fingerprint density at radius 3 is 2.89 bits per heavy atom. The summed E-state index contributed by atoms with van der Waals surface area (Å²) in [5.41, 5.74) is 5.62. The molecule has 0 spiro atoms. The Labute approximate surface area is 111 Å². The molecule has 4 N–H and O–H groups in total. The minimum Gasteiger partial charge on any atom is -0.348 e. The third-order valence-electron chi connectivity index (χ3n) is 2.75. The average molecular weight is 256 g/mol. The van der Waals surface area contributed by atoms with Crippen molar-refractivity contribution < 1.29 is 4.79 Å². The van der Waals surface area contributed by atoms with Gasteiger partial charge < -0.3 is 10.7 Å². The van der Waals surface area contributed by atoms with Crippen molar-refractivity contribution in [2.75, 3.05) is 5.43 Å². The summed E-state index contributed by atoms with van der Waals surface area (Å²) < 4.78 is 0. The summed E-state index contributed by atoms with van der Waals surface area (Å²) in [6.45, 7) is 2.36. The molecule has 98 valence electrons. The van der Waals surface area contributed by atoms with Gasteiger partial charge in [-0.05, 0) is 30.7 Å². The fraction of sp³-hybridized carbons (Fsp3) is 0.143. The van der Waals surface area contributed by atoms with E-state index in [9.17, 15) is 4.79 Å². The van der Waals surface area contributed by atoms with Crippen molar-refractivity contribution in [2.24, 2.45) is 5.84 Å². The number of rotatable bonds is 4. The van der Waals surface area contributed by atoms with E-state index in [4.69, 9.17) is 5.84 Å². The van der Waals surface area contributed by atoms with E-state index in [1.807, 2.05) is 25.1 Å². The number of carbonyl (C=O) groups excluding carboxylic acids is 1. The Kier molecular flexibility index (Phi) is 4.10. The van der Waals surface area contributed by atoms with Crippen LogP contribution >= 0.6 is 0 Å². The van der Waals surface area contributed by atoms with E-state index >= 15 is 0 Å². The van der Waals surface area contributed by atoms with Crippen molar-refractivity contribution >= 4 is 11.6 Å². The second kappa shape index (κ2) is 5.97. The number of hydrogen-bond acceptors (Lipinski definition) is 4. The predicted octanol–water partition coefficient (Wildman–Crippen LogP) is 1.61. The third-order valence-corrected chi connectivity index (χ3v) is 2.75. The Bertz CT molecular complexity index is 569. The van der Waals surface area contributed by atoms with Crippen LogP contribution in [0.3, 0.4) is 0 Å². The molecule has 0 unspecified atom stereocenters. The van der Waals surface area contributed by atoms with Crippen LogP contribution in [0, 0.1) is 6.92 Å². The maximum absolute atomic E-state index is 12.1. The summed E-state index contributed by atoms with van der Waals surface area (Å²) in [5.74, 6) is 5.24. The fourth-order valence-electron chi connectivity index (χ4n) is 1.75. The van der Waals surface area contributed by atoms with Crippen molar-refractivity contribution in [3.05, 3.63) is 59.4 Å². The van der Waals surface area contributed by atoms with E-state index in [2.05, 4.69) is 15.7 Å². The van der Waals surface area contributed by atoms with Crippen LogP contribution < -0.4 is 16.6 Å². The maximum atomic E-state index is 12.1. The minimum absolute atomic E-state index is 0.166. The highest BCUT2D eigenvalue weighted by Gasteiger charge is 2.10. The number of nitrogens with zero attached hydrogens (tertiary/aromatic N) is 1. The van der Waals surface area contributed by atoms with Gasteiger partial charge in [-0.15, -0.1) is 0 Å². The van der Waals surface area contributed by atoms with Crippen LogP contribution in [0.2, 0.25) is 0 Å². The van der Waals surface area contributed by atoms with Crippen LogP contribution in [0.15, 0.2) is 42.7 Å². The standard InChI is InChI=1S/C14H16N4O/c1-10-4-5-13(18-15)12(7-10)14(19)17-9-11-3-2-6-16-8-11/h2-8,18H,9,15H2,1H3,(H,17,19). The number of pyridine rings is 1. The van der Waals surface area contributed by atoms with E-state index in [1.54, 1.807) is 24.5 Å². The van der Waals surface area contributed by atoms with Gasteiger partial charge in [0.15, 0.2) is 0 Å². The summed E-state index contributed by atoms with van der Waals surface area (Å²) in [6.07, 6.45) is 3.42. The third kappa shape index (κ3) is 3.29. The van der Waals surface area contributed by atoms with Gasteiger partial charge in [-0.25, -0.2) is 0 Å². The summed E-state index contributed by atoms with van der Waals surface area (Å²) in [7, 11) is 0. The molecule has 1 heterocycles. The molecular formula is C14H16N4O. The average Bonchev–Trinajstić information content (AvgIpc) is 2.46. The first-order valence-electron chi connectivity index (χ1n) is 5.95. The molecule has 0 bridgehead atoms. The number of nitrogens with two attached hydrogens (primary N) is 1. The number of anilines is 1. The Morgan fingerprint density at radius 2 is 2.21 bits per heavy atom. The molecular weight excluding hydrogens is 240 g/mol. The highest BCUT2D eigenvalue weighted by molar-refractivity contribution is 5.99. The number of hydrazine groups is 1. The van der Waals surface area contributed by atoms with E-state index < -0.39 is 0 Å². The quantitative estimate of drug-likeness (QED) is 0.573. The van der Waals surface area contributed by atoms with Crippen LogP contribution in [0.25, 0.3) is 0 Å². The first-order valence-corrected chi connectivity index (χ1v) is 5.95. The maximum Gasteiger partial charge on any atom is 0.253 e. The summed E-state index contributed by atoms with van der Waals surface area (Å²) in [4.78, 5) is 16.1. The molecule has 2 aromatic rings. The smallest absolute Gasteiger partial charge is 0.253 e. The molecule has 1 aromatic heterocycles. The van der Waals surface area contributed by atoms with Crippen molar-refractivity contribution in [3.8, 4) is 0 Å². The number of nitrogens with one attached hydrogen (secondary N) is 2. The number of aromatic nitrogens is 1. The summed E-state index contributed by atoms with van der Waals surface area (Å²) >= 11 is 0. The van der Waals surface area contributed by atoms with Crippen molar-refractivity contribution in [1.82, 2.24) is 10.3 Å². The van der Waals surface area contributed by atoms with Crippen LogP contribution in [0.5, 0.6) is 0 Å². The van der Waals surface area contributed by atoms with Gasteiger partial charge in [0.25, 0.3) is 5.91 Å². The zero-order chi connectivity index (χ0) is 13.7. The van der Waals surface area contributed by atoms with Gasteiger partial charge in [0, 0.05) is 18.9 Å². The van der Waals surface area contributed by atoms with Crippen LogP contribution in [-0.4, -0.2) is 10.9 Å². The molecule has 0 atom stereocenters. The van der Waals surface area contributed by atoms with Crippen molar-refractivity contribution in [3.63, 3.8) is 0 Å². The molecule has 0 aliphatic rings. The zero-order valence-electron chi connectivity index (χ0n) is 10.7. The van der Waals surface area contributed by atoms with Gasteiger partial charge in [0.05, 0.1) is 11.3 Å². The second-order valence-corrected chi connectivity index (χ2v) is 4.24. The Morgan fingerprint density at radius 1 is 1.37 bits per heavy atom. The van der Waals surface area contributed by atoms with Crippen molar-refractivity contribution in [2.45, 2.75) is 13.5 Å². The van der Waals surface area contributed by atoms with Gasteiger partial charge in [-0.2, -0.15) is 0 Å². The van der Waals surface area contributed by atoms with Gasteiger partial charge in [0.2, 0.25) is 0 Å². The molecule has 0 radical (unpaired) electrons. The summed E-state index contributed by atoms with van der Waals surface area (Å²) in [6, 6.07) is 9.22. The molecule has 0 fully saturated rings. The highest BCUT2D eigenvalue weighted by Crippen LogP contribution is 2.16. The van der Waals surface area contributed by atoms with Crippen LogP contribution in [0.4, 0.5) is 5.69 Å². The molecule has 1 aromatic carbocycles. The molecule has 0 aliphatic heterocycles. The van der Waals surface area contributed by atoms with E-state index in [0.717, 1.165) is 11.1 Å². The number of amides is 1. The zero-order valence-corrected chi connectivity index (χ0v) is 10.7. The molecule has 5 heteroatoms. The number of benzene rings is 1. The van der Waals surface area contributed by atoms with E-state index in [-0.39, 0.29) is 5.91 Å². The number of carbonyl (C=O) groups is 1. The molecule has 1 amide bonds. The largest absolute Gasteiger partial charge is 0.348 e. The molecule has 19 heavy (non-hydrogen) atoms. The SMILES string of the molecule is Cc1ccc(NN)c(C(=O)NCc2cccnc2)c1. The van der Waals surface area contributed by atoms with Gasteiger partial charge >= 0.3 is 0 Å². The Balaban J connectivity index is 2.10. The first kappa shape index (κ1) is 13.0. The lowest BCUT2D eigenvalue weighted by atomic mass is 10.1. The number of nitrogen functional groups attached to an aromatic ring is 1. The van der Waals surface area contributed by atoms with Crippen LogP contribution in [0.1, 0.15) is 21.5 Å². The lowest BCUT2D eigenvalue weighted by Crippen LogP contribution is -2.25. The molecule has 5 nitrogen and oxygen atoms in total. The normalized spacial score (nSPS) is 10.0. The molecule has 0 saturated carbocycles. The van der Waals surface area contributed by atoms with E-state index in [1.165, 1.54) is 0 Å². The van der Waals surface area contributed by atoms with Gasteiger partial charge in [-0.1, -0.05) is 17.7 Å². The minimum atomic E-state index is -0.166. The van der Waals surface area contributed by atoms with Crippen molar-refractivity contribution in [1.29, 1.82) is 0 Å².